The maximum absolute atomic E-state index is 12.0. The maximum Gasteiger partial charge on any atom is 0.325 e. The summed E-state index contributed by atoms with van der Waals surface area (Å²) in [6.45, 7) is 3.99. The Bertz CT molecular complexity index is 475. The zero-order valence-electron chi connectivity index (χ0n) is 15.3. The molecule has 0 aliphatic carbocycles. The summed E-state index contributed by atoms with van der Waals surface area (Å²) < 4.78 is 9.73. The quantitative estimate of drug-likeness (QED) is 0.246. The molecule has 10 heteroatoms. The predicted octanol–water partition coefficient (Wildman–Crippen LogP) is -0.469. The molecule has 0 rings (SSSR count). The molecule has 0 aliphatic rings. The van der Waals surface area contributed by atoms with Crippen LogP contribution < -0.4 is 16.4 Å². The molecule has 0 bridgehead atoms. The van der Waals surface area contributed by atoms with E-state index in [1.807, 2.05) is 13.8 Å². The van der Waals surface area contributed by atoms with Gasteiger partial charge in [0.2, 0.25) is 11.8 Å². The number of hydrogen-bond donors (Lipinski definition) is 4. The van der Waals surface area contributed by atoms with Crippen LogP contribution >= 0.6 is 12.6 Å². The minimum absolute atomic E-state index is 0.0432. The molecule has 26 heavy (non-hydrogen) atoms. The van der Waals surface area contributed by atoms with Crippen molar-refractivity contribution < 1.29 is 28.7 Å². The van der Waals surface area contributed by atoms with Crippen LogP contribution in [0, 0.1) is 0 Å². The molecule has 0 heterocycles. The molecule has 0 saturated heterocycles. The standard InChI is InChI=1S/C16H29N3O6S/c1-3-7-24-14(21)9-18-15(22)12(10-26)19-13(20)6-5-11(17)16(23)25-8-4-2/h11-12,26H,3-10,17H2,1-2H3,(H,18,22)(H,19,20). The smallest absolute Gasteiger partial charge is 0.325 e. The lowest BCUT2D eigenvalue weighted by Crippen LogP contribution is -2.49. The summed E-state index contributed by atoms with van der Waals surface area (Å²) >= 11 is 4.02. The highest BCUT2D eigenvalue weighted by molar-refractivity contribution is 7.80. The molecule has 0 saturated carbocycles. The number of amides is 2. The lowest BCUT2D eigenvalue weighted by atomic mass is 10.1. The Balaban J connectivity index is 4.23. The average Bonchev–Trinajstić information content (AvgIpc) is 2.64. The van der Waals surface area contributed by atoms with E-state index >= 15 is 0 Å². The summed E-state index contributed by atoms with van der Waals surface area (Å²) in [6.07, 6.45) is 1.42. The second kappa shape index (κ2) is 14.4. The van der Waals surface area contributed by atoms with E-state index in [0.717, 1.165) is 0 Å². The molecule has 2 amide bonds. The first-order valence-electron chi connectivity index (χ1n) is 8.61. The minimum Gasteiger partial charge on any atom is -0.465 e. The number of nitrogens with one attached hydrogen (secondary N) is 2. The molecule has 0 radical (unpaired) electrons. The SMILES string of the molecule is CCCOC(=O)CNC(=O)C(CS)NC(=O)CCC(N)C(=O)OCCC. The largest absolute Gasteiger partial charge is 0.465 e. The van der Waals surface area contributed by atoms with Crippen molar-refractivity contribution in [3.05, 3.63) is 0 Å². The van der Waals surface area contributed by atoms with Gasteiger partial charge in [0.05, 0.1) is 13.2 Å². The molecule has 0 aromatic carbocycles. The fraction of sp³-hybridized carbons (Fsp3) is 0.750. The van der Waals surface area contributed by atoms with Gasteiger partial charge in [0, 0.05) is 12.2 Å². The van der Waals surface area contributed by atoms with Crippen LogP contribution in [0.25, 0.3) is 0 Å². The molecule has 4 N–H and O–H groups in total. The molecule has 2 unspecified atom stereocenters. The monoisotopic (exact) mass is 391 g/mol. The van der Waals surface area contributed by atoms with Gasteiger partial charge in [0.15, 0.2) is 0 Å². The molecular weight excluding hydrogens is 362 g/mol. The molecule has 0 spiro atoms. The van der Waals surface area contributed by atoms with Gasteiger partial charge in [-0.3, -0.25) is 19.2 Å². The van der Waals surface area contributed by atoms with Crippen molar-refractivity contribution in [1.29, 1.82) is 0 Å². The van der Waals surface area contributed by atoms with E-state index in [1.165, 1.54) is 0 Å². The Morgan fingerprint density at radius 3 is 2.27 bits per heavy atom. The first-order chi connectivity index (χ1) is 12.3. The van der Waals surface area contributed by atoms with Crippen molar-refractivity contribution in [3.8, 4) is 0 Å². The van der Waals surface area contributed by atoms with Crippen LogP contribution in [0.4, 0.5) is 0 Å². The van der Waals surface area contributed by atoms with Crippen LogP contribution in [0.3, 0.4) is 0 Å². The van der Waals surface area contributed by atoms with Gasteiger partial charge < -0.3 is 25.8 Å². The fourth-order valence-corrected chi connectivity index (χ4v) is 1.98. The van der Waals surface area contributed by atoms with Gasteiger partial charge in [-0.1, -0.05) is 13.8 Å². The fourth-order valence-electron chi connectivity index (χ4n) is 1.72. The molecule has 0 aliphatic heterocycles. The highest BCUT2D eigenvalue weighted by Crippen LogP contribution is 2.00. The first-order valence-corrected chi connectivity index (χ1v) is 9.24. The molecule has 0 fully saturated rings. The summed E-state index contributed by atoms with van der Waals surface area (Å²) in [7, 11) is 0. The zero-order valence-corrected chi connectivity index (χ0v) is 16.2. The van der Waals surface area contributed by atoms with Gasteiger partial charge in [-0.2, -0.15) is 12.6 Å². The lowest BCUT2D eigenvalue weighted by Gasteiger charge is -2.17. The van der Waals surface area contributed by atoms with E-state index in [2.05, 4.69) is 23.3 Å². The van der Waals surface area contributed by atoms with Crippen molar-refractivity contribution in [2.45, 2.75) is 51.6 Å². The molecule has 9 nitrogen and oxygen atoms in total. The minimum atomic E-state index is -0.909. The first kappa shape index (κ1) is 24.2. The maximum atomic E-state index is 12.0. The van der Waals surface area contributed by atoms with Gasteiger partial charge in [-0.25, -0.2) is 0 Å². The second-order valence-corrected chi connectivity index (χ2v) is 5.92. The molecular formula is C16H29N3O6S. The Morgan fingerprint density at radius 1 is 1.08 bits per heavy atom. The van der Waals surface area contributed by atoms with Crippen LogP contribution in [-0.2, 0) is 28.7 Å². The van der Waals surface area contributed by atoms with Gasteiger partial charge in [-0.15, -0.1) is 0 Å². The van der Waals surface area contributed by atoms with E-state index in [0.29, 0.717) is 12.8 Å². The van der Waals surface area contributed by atoms with Crippen molar-refractivity contribution >= 4 is 36.4 Å². The predicted molar refractivity (Wildman–Crippen MR) is 98.5 cm³/mol. The number of hydrogen-bond acceptors (Lipinski definition) is 8. The highest BCUT2D eigenvalue weighted by atomic mass is 32.1. The molecule has 150 valence electrons. The second-order valence-electron chi connectivity index (χ2n) is 5.55. The lowest BCUT2D eigenvalue weighted by molar-refractivity contribution is -0.145. The highest BCUT2D eigenvalue weighted by Gasteiger charge is 2.21. The van der Waals surface area contributed by atoms with Crippen molar-refractivity contribution in [2.75, 3.05) is 25.5 Å². The van der Waals surface area contributed by atoms with Crippen molar-refractivity contribution in [1.82, 2.24) is 10.6 Å². The van der Waals surface area contributed by atoms with Gasteiger partial charge in [0.25, 0.3) is 0 Å². The third-order valence-electron chi connectivity index (χ3n) is 3.14. The summed E-state index contributed by atoms with van der Waals surface area (Å²) in [4.78, 5) is 46.8. The van der Waals surface area contributed by atoms with E-state index in [-0.39, 0.29) is 38.4 Å². The van der Waals surface area contributed by atoms with E-state index < -0.39 is 35.8 Å². The third kappa shape index (κ3) is 10.9. The van der Waals surface area contributed by atoms with Crippen LogP contribution in [0.5, 0.6) is 0 Å². The number of esters is 2. The van der Waals surface area contributed by atoms with Gasteiger partial charge in [-0.05, 0) is 19.3 Å². The number of ether oxygens (including phenoxy) is 2. The zero-order chi connectivity index (χ0) is 19.9. The Hall–Kier alpha value is -1.81. The van der Waals surface area contributed by atoms with Gasteiger partial charge in [0.1, 0.15) is 18.6 Å². The molecule has 0 aromatic heterocycles. The van der Waals surface area contributed by atoms with Crippen molar-refractivity contribution in [3.63, 3.8) is 0 Å². The van der Waals surface area contributed by atoms with E-state index in [4.69, 9.17) is 15.2 Å². The third-order valence-corrected chi connectivity index (χ3v) is 3.51. The van der Waals surface area contributed by atoms with Gasteiger partial charge >= 0.3 is 11.9 Å². The van der Waals surface area contributed by atoms with Crippen LogP contribution in [0.1, 0.15) is 39.5 Å². The molecule has 0 aromatic rings. The Kier molecular flexibility index (Phi) is 13.4. The van der Waals surface area contributed by atoms with Crippen LogP contribution in [0.2, 0.25) is 0 Å². The number of thiol groups is 1. The summed E-state index contributed by atoms with van der Waals surface area (Å²) in [5, 5.41) is 4.86. The molecule has 2 atom stereocenters. The van der Waals surface area contributed by atoms with Crippen LogP contribution in [0.15, 0.2) is 0 Å². The van der Waals surface area contributed by atoms with E-state index in [9.17, 15) is 19.2 Å². The number of carbonyl (C=O) groups is 4. The average molecular weight is 391 g/mol. The number of carbonyl (C=O) groups excluding carboxylic acids is 4. The number of rotatable bonds is 13. The Labute approximate surface area is 159 Å². The number of nitrogens with two attached hydrogens (primary N) is 1. The summed E-state index contributed by atoms with van der Waals surface area (Å²) in [5.41, 5.74) is 5.65. The van der Waals surface area contributed by atoms with Crippen molar-refractivity contribution in [2.24, 2.45) is 5.73 Å². The Morgan fingerprint density at radius 2 is 1.69 bits per heavy atom. The van der Waals surface area contributed by atoms with Crippen LogP contribution in [-0.4, -0.2) is 61.3 Å². The summed E-state index contributed by atoms with van der Waals surface area (Å²) in [5.74, 6) is -2.07. The van der Waals surface area contributed by atoms with E-state index in [1.54, 1.807) is 0 Å². The summed E-state index contributed by atoms with van der Waals surface area (Å²) in [6, 6.07) is -1.81. The normalized spacial score (nSPS) is 12.6. The topological polar surface area (TPSA) is 137 Å².